The zero-order chi connectivity index (χ0) is 11.6. The summed E-state index contributed by atoms with van der Waals surface area (Å²) in [5.74, 6) is -0.104. The van der Waals surface area contributed by atoms with Crippen molar-refractivity contribution in [2.45, 2.75) is 39.5 Å². The van der Waals surface area contributed by atoms with Gasteiger partial charge in [-0.2, -0.15) is 0 Å². The minimum atomic E-state index is -2.16. The average Bonchev–Trinajstić information content (AvgIpc) is 2.39. The van der Waals surface area contributed by atoms with Gasteiger partial charge in [0.2, 0.25) is 0 Å². The molecule has 1 aromatic heterocycles. The molecular formula is C9H15O5P. The molecule has 6 heteroatoms. The molecule has 86 valence electrons. The molecule has 5 nitrogen and oxygen atoms in total. The maximum atomic E-state index is 11.6. The topological polar surface area (TPSA) is 69.7 Å². The first-order valence-corrected chi connectivity index (χ1v) is 5.89. The highest BCUT2D eigenvalue weighted by atomic mass is 31.1. The number of hydrogen-bond donors (Lipinski definition) is 0. The van der Waals surface area contributed by atoms with E-state index in [0.717, 1.165) is 0 Å². The van der Waals surface area contributed by atoms with Crippen molar-refractivity contribution in [2.24, 2.45) is 0 Å². The molecule has 0 N–H and O–H groups in total. The van der Waals surface area contributed by atoms with Crippen LogP contribution in [0, 0.1) is 6.92 Å². The SMILES string of the molecule is Cc1oc(=O)oc1CO[PH](=O)C(C)(C)C. The van der Waals surface area contributed by atoms with Gasteiger partial charge in [0, 0.05) is 5.16 Å². The van der Waals surface area contributed by atoms with Gasteiger partial charge in [-0.1, -0.05) is 20.8 Å². The Balaban J connectivity index is 2.62. The molecule has 15 heavy (non-hydrogen) atoms. The molecule has 0 saturated carbocycles. The van der Waals surface area contributed by atoms with E-state index >= 15 is 0 Å². The van der Waals surface area contributed by atoms with Crippen LogP contribution in [0.2, 0.25) is 0 Å². The normalized spacial score (nSPS) is 14.1. The Kier molecular flexibility index (Phi) is 3.58. The Morgan fingerprint density at radius 2 is 1.93 bits per heavy atom. The molecule has 0 aromatic carbocycles. The Hall–Kier alpha value is -0.800. The Bertz CT molecular complexity index is 409. The van der Waals surface area contributed by atoms with Crippen molar-refractivity contribution >= 4 is 8.03 Å². The van der Waals surface area contributed by atoms with Crippen molar-refractivity contribution in [1.82, 2.24) is 0 Å². The fourth-order valence-corrected chi connectivity index (χ4v) is 1.55. The van der Waals surface area contributed by atoms with Crippen molar-refractivity contribution in [3.8, 4) is 0 Å². The lowest BCUT2D eigenvalue weighted by molar-refractivity contribution is 0.265. The van der Waals surface area contributed by atoms with Gasteiger partial charge in [-0.05, 0) is 6.92 Å². The van der Waals surface area contributed by atoms with E-state index in [1.165, 1.54) is 0 Å². The van der Waals surface area contributed by atoms with E-state index in [4.69, 9.17) is 8.94 Å². The highest BCUT2D eigenvalue weighted by molar-refractivity contribution is 7.41. The minimum absolute atomic E-state index is 0.00659. The summed E-state index contributed by atoms with van der Waals surface area (Å²) in [6.07, 6.45) is 0. The first kappa shape index (κ1) is 12.3. The second-order valence-corrected chi connectivity index (χ2v) is 6.62. The van der Waals surface area contributed by atoms with E-state index in [1.54, 1.807) is 6.92 Å². The summed E-state index contributed by atoms with van der Waals surface area (Å²) in [4.78, 5) is 10.7. The molecule has 0 saturated heterocycles. The smallest absolute Gasteiger partial charge is 0.396 e. The predicted molar refractivity (Wildman–Crippen MR) is 55.5 cm³/mol. The van der Waals surface area contributed by atoms with Crippen LogP contribution in [0.15, 0.2) is 13.6 Å². The monoisotopic (exact) mass is 234 g/mol. The van der Waals surface area contributed by atoms with Gasteiger partial charge in [-0.3, -0.25) is 4.57 Å². The van der Waals surface area contributed by atoms with Crippen LogP contribution in [0.4, 0.5) is 0 Å². The molecule has 0 aliphatic rings. The molecule has 0 amide bonds. The molecule has 0 fully saturated rings. The third kappa shape index (κ3) is 3.36. The van der Waals surface area contributed by atoms with Gasteiger partial charge in [-0.25, -0.2) is 4.79 Å². The average molecular weight is 234 g/mol. The van der Waals surface area contributed by atoms with Gasteiger partial charge in [0.05, 0.1) is 0 Å². The second-order valence-electron chi connectivity index (χ2n) is 4.26. The molecule has 1 heterocycles. The molecule has 0 bridgehead atoms. The lowest BCUT2D eigenvalue weighted by Crippen LogP contribution is -2.08. The fraction of sp³-hybridized carbons (Fsp3) is 0.667. The van der Waals surface area contributed by atoms with Gasteiger partial charge >= 0.3 is 5.82 Å². The van der Waals surface area contributed by atoms with Crippen molar-refractivity contribution in [2.75, 3.05) is 0 Å². The summed E-state index contributed by atoms with van der Waals surface area (Å²) in [6.45, 7) is 7.08. The van der Waals surface area contributed by atoms with Crippen LogP contribution in [0.5, 0.6) is 0 Å². The molecule has 0 aliphatic heterocycles. The molecule has 0 radical (unpaired) electrons. The van der Waals surface area contributed by atoms with Crippen LogP contribution in [0.25, 0.3) is 0 Å². The van der Waals surface area contributed by atoms with E-state index in [0.29, 0.717) is 11.5 Å². The third-order valence-electron chi connectivity index (χ3n) is 1.78. The van der Waals surface area contributed by atoms with Crippen molar-refractivity contribution < 1.29 is 17.9 Å². The summed E-state index contributed by atoms with van der Waals surface area (Å²) in [6, 6.07) is 0. The van der Waals surface area contributed by atoms with Gasteiger partial charge in [0.25, 0.3) is 0 Å². The summed E-state index contributed by atoms with van der Waals surface area (Å²) in [5, 5.41) is -0.386. The van der Waals surface area contributed by atoms with Gasteiger partial charge in [0.15, 0.2) is 13.8 Å². The molecule has 1 atom stereocenters. The number of hydrogen-bond acceptors (Lipinski definition) is 5. The largest absolute Gasteiger partial charge is 0.519 e. The van der Waals surface area contributed by atoms with Crippen LogP contribution in [0.3, 0.4) is 0 Å². The molecule has 1 rings (SSSR count). The standard InChI is InChI=1S/C9H15O5P/c1-6-7(14-8(10)13-6)5-12-15(11)9(2,3)4/h15H,5H2,1-4H3. The minimum Gasteiger partial charge on any atom is -0.396 e. The van der Waals surface area contributed by atoms with Gasteiger partial charge < -0.3 is 13.4 Å². The molecule has 0 aliphatic carbocycles. The van der Waals surface area contributed by atoms with E-state index < -0.39 is 13.9 Å². The van der Waals surface area contributed by atoms with E-state index in [9.17, 15) is 9.36 Å². The Labute approximate surface area is 88.3 Å². The highest BCUT2D eigenvalue weighted by Gasteiger charge is 2.21. The van der Waals surface area contributed by atoms with Gasteiger partial charge in [0.1, 0.15) is 12.4 Å². The quantitative estimate of drug-likeness (QED) is 0.750. The highest BCUT2D eigenvalue weighted by Crippen LogP contribution is 2.39. The Morgan fingerprint density at radius 3 is 2.33 bits per heavy atom. The maximum absolute atomic E-state index is 11.6. The van der Waals surface area contributed by atoms with Crippen molar-refractivity contribution in [3.05, 3.63) is 22.1 Å². The van der Waals surface area contributed by atoms with Crippen LogP contribution >= 0.6 is 8.03 Å². The lowest BCUT2D eigenvalue weighted by atomic mass is 10.3. The summed E-state index contributed by atoms with van der Waals surface area (Å²) >= 11 is 0. The first-order valence-electron chi connectivity index (χ1n) is 4.57. The zero-order valence-corrected chi connectivity index (χ0v) is 10.2. The van der Waals surface area contributed by atoms with E-state index in [1.807, 2.05) is 20.8 Å². The van der Waals surface area contributed by atoms with E-state index in [2.05, 4.69) is 4.42 Å². The van der Waals surface area contributed by atoms with E-state index in [-0.39, 0.29) is 11.8 Å². The van der Waals surface area contributed by atoms with Crippen LogP contribution < -0.4 is 5.82 Å². The number of aryl methyl sites for hydroxylation is 1. The van der Waals surface area contributed by atoms with Crippen LogP contribution in [0.1, 0.15) is 32.3 Å². The second kappa shape index (κ2) is 4.37. The lowest BCUT2D eigenvalue weighted by Gasteiger charge is -2.16. The zero-order valence-electron chi connectivity index (χ0n) is 9.25. The van der Waals surface area contributed by atoms with Crippen LogP contribution in [-0.2, 0) is 15.7 Å². The Morgan fingerprint density at radius 1 is 1.33 bits per heavy atom. The predicted octanol–water partition coefficient (Wildman–Crippen LogP) is 2.33. The molecule has 1 unspecified atom stereocenters. The maximum Gasteiger partial charge on any atom is 0.519 e. The number of rotatable bonds is 3. The summed E-state index contributed by atoms with van der Waals surface area (Å²) in [7, 11) is -2.16. The fourth-order valence-electron chi connectivity index (χ4n) is 0.854. The summed E-state index contributed by atoms with van der Waals surface area (Å²) < 4.78 is 26.1. The summed E-state index contributed by atoms with van der Waals surface area (Å²) in [5.41, 5.74) is 0. The van der Waals surface area contributed by atoms with Crippen LogP contribution in [-0.4, -0.2) is 5.16 Å². The van der Waals surface area contributed by atoms with Crippen molar-refractivity contribution in [3.63, 3.8) is 0 Å². The van der Waals surface area contributed by atoms with Crippen molar-refractivity contribution in [1.29, 1.82) is 0 Å². The third-order valence-corrected chi connectivity index (χ3v) is 3.41. The van der Waals surface area contributed by atoms with Gasteiger partial charge in [-0.15, -0.1) is 0 Å². The molecular weight excluding hydrogens is 219 g/mol. The molecule has 1 aromatic rings. The first-order chi connectivity index (χ1) is 6.80. The molecule has 0 spiro atoms.